The number of hydrogen-bond acceptors (Lipinski definition) is 8. The molecule has 0 aliphatic carbocycles. The van der Waals surface area contributed by atoms with Gasteiger partial charge in [0, 0.05) is 19.6 Å². The molecule has 4 aromatic rings. The van der Waals surface area contributed by atoms with Gasteiger partial charge >= 0.3 is 0 Å². The standard InChI is InChI=1S/C26H30N6O2/c1-4-5-14-27-25-23-15-28-29-16-24(23)30-26(31-25)32(17-19-6-10-21(33-2)11-7-19)18-20-8-12-22(34-3)13-9-20/h6-13,15-16H,4-5,14,17-18H2,1-3H3,(H,27,30,31). The SMILES string of the molecule is CCCCNc1nc(N(Cc2ccc(OC)cc2)Cc2ccc(OC)cc2)nc2cnncc12. The number of anilines is 2. The van der Waals surface area contributed by atoms with E-state index in [0.717, 1.165) is 58.7 Å². The summed E-state index contributed by atoms with van der Waals surface area (Å²) in [6, 6.07) is 16.1. The van der Waals surface area contributed by atoms with E-state index in [-0.39, 0.29) is 0 Å². The zero-order valence-electron chi connectivity index (χ0n) is 19.9. The van der Waals surface area contributed by atoms with Gasteiger partial charge < -0.3 is 19.7 Å². The van der Waals surface area contributed by atoms with Crippen LogP contribution < -0.4 is 19.7 Å². The summed E-state index contributed by atoms with van der Waals surface area (Å²) in [5.41, 5.74) is 3.02. The van der Waals surface area contributed by atoms with Gasteiger partial charge in [-0.15, -0.1) is 0 Å². The van der Waals surface area contributed by atoms with E-state index in [2.05, 4.69) is 51.6 Å². The Morgan fingerprint density at radius 3 is 1.94 bits per heavy atom. The highest BCUT2D eigenvalue weighted by Crippen LogP contribution is 2.25. The normalized spacial score (nSPS) is 10.8. The van der Waals surface area contributed by atoms with Gasteiger partial charge in [0.25, 0.3) is 0 Å². The van der Waals surface area contributed by atoms with Gasteiger partial charge in [0.1, 0.15) is 17.3 Å². The van der Waals surface area contributed by atoms with Gasteiger partial charge in [-0.25, -0.2) is 4.98 Å². The van der Waals surface area contributed by atoms with E-state index in [1.54, 1.807) is 26.6 Å². The van der Waals surface area contributed by atoms with Gasteiger partial charge in [0.05, 0.1) is 37.5 Å². The maximum atomic E-state index is 5.32. The molecule has 8 nitrogen and oxygen atoms in total. The number of nitrogens with zero attached hydrogens (tertiary/aromatic N) is 5. The molecule has 0 radical (unpaired) electrons. The minimum atomic E-state index is 0.631. The van der Waals surface area contributed by atoms with Crippen molar-refractivity contribution in [2.45, 2.75) is 32.9 Å². The van der Waals surface area contributed by atoms with Crippen molar-refractivity contribution in [2.24, 2.45) is 0 Å². The molecule has 4 rings (SSSR count). The number of unbranched alkanes of at least 4 members (excludes halogenated alkanes) is 1. The van der Waals surface area contributed by atoms with Crippen molar-refractivity contribution in [1.29, 1.82) is 0 Å². The minimum Gasteiger partial charge on any atom is -0.497 e. The fourth-order valence-electron chi connectivity index (χ4n) is 3.64. The van der Waals surface area contributed by atoms with Crippen LogP contribution in [0.4, 0.5) is 11.8 Å². The molecule has 0 aliphatic heterocycles. The molecule has 0 saturated carbocycles. The number of benzene rings is 2. The fourth-order valence-corrected chi connectivity index (χ4v) is 3.64. The maximum Gasteiger partial charge on any atom is 0.228 e. The van der Waals surface area contributed by atoms with Crippen LogP contribution in [-0.2, 0) is 13.1 Å². The van der Waals surface area contributed by atoms with Crippen molar-refractivity contribution in [3.63, 3.8) is 0 Å². The molecule has 0 atom stereocenters. The molecular formula is C26H30N6O2. The highest BCUT2D eigenvalue weighted by atomic mass is 16.5. The average molecular weight is 459 g/mol. The lowest BCUT2D eigenvalue weighted by molar-refractivity contribution is 0.414. The van der Waals surface area contributed by atoms with Gasteiger partial charge in [0.15, 0.2) is 0 Å². The smallest absolute Gasteiger partial charge is 0.228 e. The van der Waals surface area contributed by atoms with Crippen LogP contribution in [0.2, 0.25) is 0 Å². The second-order valence-corrected chi connectivity index (χ2v) is 7.99. The zero-order chi connectivity index (χ0) is 23.8. The molecule has 176 valence electrons. The topological polar surface area (TPSA) is 85.3 Å². The Balaban J connectivity index is 1.71. The summed E-state index contributed by atoms with van der Waals surface area (Å²) in [4.78, 5) is 11.9. The Morgan fingerprint density at radius 1 is 0.794 bits per heavy atom. The summed E-state index contributed by atoms with van der Waals surface area (Å²) in [6.07, 6.45) is 5.56. The average Bonchev–Trinajstić information content (AvgIpc) is 2.89. The molecule has 2 aromatic heterocycles. The first-order valence-electron chi connectivity index (χ1n) is 11.4. The number of ether oxygens (including phenoxy) is 2. The van der Waals surface area contributed by atoms with E-state index < -0.39 is 0 Å². The van der Waals surface area contributed by atoms with Gasteiger partial charge in [0.2, 0.25) is 5.95 Å². The molecule has 2 heterocycles. The summed E-state index contributed by atoms with van der Waals surface area (Å²) in [5.74, 6) is 3.06. The van der Waals surface area contributed by atoms with Gasteiger partial charge in [-0.05, 0) is 41.8 Å². The molecular weight excluding hydrogens is 428 g/mol. The van der Waals surface area contributed by atoms with Crippen LogP contribution in [0.1, 0.15) is 30.9 Å². The van der Waals surface area contributed by atoms with Crippen molar-refractivity contribution in [2.75, 3.05) is 31.0 Å². The van der Waals surface area contributed by atoms with E-state index >= 15 is 0 Å². The first-order chi connectivity index (χ1) is 16.7. The first kappa shape index (κ1) is 23.2. The lowest BCUT2D eigenvalue weighted by Gasteiger charge is -2.24. The molecule has 0 spiro atoms. The molecule has 0 fully saturated rings. The van der Waals surface area contributed by atoms with Gasteiger partial charge in [-0.1, -0.05) is 37.6 Å². The summed E-state index contributed by atoms with van der Waals surface area (Å²) in [5, 5.41) is 12.4. The predicted octanol–water partition coefficient (Wildman–Crippen LogP) is 4.86. The lowest BCUT2D eigenvalue weighted by atomic mass is 10.1. The van der Waals surface area contributed by atoms with Crippen molar-refractivity contribution >= 4 is 22.7 Å². The van der Waals surface area contributed by atoms with E-state index in [1.165, 1.54) is 0 Å². The molecule has 34 heavy (non-hydrogen) atoms. The summed E-state index contributed by atoms with van der Waals surface area (Å²) >= 11 is 0. The molecule has 0 saturated heterocycles. The molecule has 0 amide bonds. The molecule has 0 aliphatic rings. The second-order valence-electron chi connectivity index (χ2n) is 7.99. The van der Waals surface area contributed by atoms with Crippen molar-refractivity contribution in [3.8, 4) is 11.5 Å². The number of rotatable bonds is 11. The zero-order valence-corrected chi connectivity index (χ0v) is 19.9. The second kappa shape index (κ2) is 11.3. The summed E-state index contributed by atoms with van der Waals surface area (Å²) in [6.45, 7) is 4.27. The third kappa shape index (κ3) is 5.70. The number of hydrogen-bond donors (Lipinski definition) is 1. The van der Waals surface area contributed by atoms with E-state index in [9.17, 15) is 0 Å². The molecule has 2 aromatic carbocycles. The lowest BCUT2D eigenvalue weighted by Crippen LogP contribution is -2.25. The molecule has 0 unspecified atom stereocenters. The van der Waals surface area contributed by atoms with Crippen LogP contribution in [-0.4, -0.2) is 40.9 Å². The van der Waals surface area contributed by atoms with Crippen LogP contribution in [0.5, 0.6) is 11.5 Å². The van der Waals surface area contributed by atoms with Crippen LogP contribution in [0.3, 0.4) is 0 Å². The third-order valence-corrected chi connectivity index (χ3v) is 5.57. The Labute approximate surface area is 200 Å². The number of fused-ring (bicyclic) bond motifs is 1. The van der Waals surface area contributed by atoms with Crippen LogP contribution in [0, 0.1) is 0 Å². The van der Waals surface area contributed by atoms with Crippen molar-refractivity contribution < 1.29 is 9.47 Å². The highest BCUT2D eigenvalue weighted by Gasteiger charge is 2.16. The van der Waals surface area contributed by atoms with Crippen LogP contribution >= 0.6 is 0 Å². The Kier molecular flexibility index (Phi) is 7.70. The molecule has 1 N–H and O–H groups in total. The third-order valence-electron chi connectivity index (χ3n) is 5.57. The highest BCUT2D eigenvalue weighted by molar-refractivity contribution is 5.88. The quantitative estimate of drug-likeness (QED) is 0.319. The Bertz CT molecular complexity index is 1150. The van der Waals surface area contributed by atoms with Gasteiger partial charge in [-0.3, -0.25) is 0 Å². The largest absolute Gasteiger partial charge is 0.497 e. The van der Waals surface area contributed by atoms with Gasteiger partial charge in [-0.2, -0.15) is 15.2 Å². The predicted molar refractivity (Wildman–Crippen MR) is 134 cm³/mol. The Hall–Kier alpha value is -3.94. The molecule has 0 bridgehead atoms. The Morgan fingerprint density at radius 2 is 1.38 bits per heavy atom. The van der Waals surface area contributed by atoms with E-state index in [0.29, 0.717) is 19.0 Å². The number of methoxy groups -OCH3 is 2. The summed E-state index contributed by atoms with van der Waals surface area (Å²) < 4.78 is 10.6. The maximum absolute atomic E-state index is 5.32. The fraction of sp³-hybridized carbons (Fsp3) is 0.308. The monoisotopic (exact) mass is 458 g/mol. The molecule has 8 heteroatoms. The van der Waals surface area contributed by atoms with Crippen molar-refractivity contribution in [3.05, 3.63) is 72.1 Å². The van der Waals surface area contributed by atoms with Crippen molar-refractivity contribution in [1.82, 2.24) is 20.2 Å². The number of nitrogens with one attached hydrogen (secondary N) is 1. The van der Waals surface area contributed by atoms with Crippen LogP contribution in [0.25, 0.3) is 10.9 Å². The number of aromatic nitrogens is 4. The first-order valence-corrected chi connectivity index (χ1v) is 11.4. The van der Waals surface area contributed by atoms with E-state index in [1.807, 2.05) is 24.3 Å². The minimum absolute atomic E-state index is 0.631. The summed E-state index contributed by atoms with van der Waals surface area (Å²) in [7, 11) is 3.34. The van der Waals surface area contributed by atoms with Crippen LogP contribution in [0.15, 0.2) is 60.9 Å². The van der Waals surface area contributed by atoms with E-state index in [4.69, 9.17) is 19.4 Å².